The number of nitrogens with zero attached hydrogens (tertiary/aromatic N) is 1. The van der Waals surface area contributed by atoms with Crippen molar-refractivity contribution >= 4 is 5.69 Å². The summed E-state index contributed by atoms with van der Waals surface area (Å²) < 4.78 is 9.75. The van der Waals surface area contributed by atoms with Gasteiger partial charge in [-0.15, -0.1) is 0 Å². The molecule has 6 heteroatoms. The zero-order chi connectivity index (χ0) is 11.3. The van der Waals surface area contributed by atoms with Crippen LogP contribution < -0.4 is 10.5 Å². The van der Waals surface area contributed by atoms with Gasteiger partial charge in [-0.2, -0.15) is 0 Å². The topological polar surface area (TPSA) is 87.6 Å². The van der Waals surface area contributed by atoms with Crippen LogP contribution in [-0.2, 0) is 11.3 Å². The molecule has 0 saturated heterocycles. The maximum atomic E-state index is 10.6. The molecule has 6 nitrogen and oxygen atoms in total. The van der Waals surface area contributed by atoms with Crippen LogP contribution in [-0.4, -0.2) is 18.8 Å². The molecule has 0 atom stereocenters. The summed E-state index contributed by atoms with van der Waals surface area (Å²) in [6.45, 7) is 0.274. The number of rotatable bonds is 5. The van der Waals surface area contributed by atoms with E-state index in [1.807, 2.05) is 0 Å². The molecule has 82 valence electrons. The average molecular weight is 212 g/mol. The average Bonchev–Trinajstić information content (AvgIpc) is 2.25. The molecule has 0 heterocycles. The molecule has 0 unspecified atom stereocenters. The first-order chi connectivity index (χ1) is 7.19. The zero-order valence-corrected chi connectivity index (χ0v) is 8.30. The van der Waals surface area contributed by atoms with Gasteiger partial charge in [0, 0.05) is 19.7 Å². The first-order valence-electron chi connectivity index (χ1n) is 4.28. The van der Waals surface area contributed by atoms with Gasteiger partial charge in [-0.25, -0.2) is 0 Å². The van der Waals surface area contributed by atoms with E-state index in [9.17, 15) is 10.1 Å². The molecule has 2 N–H and O–H groups in total. The molecule has 0 aliphatic carbocycles. The van der Waals surface area contributed by atoms with Gasteiger partial charge in [0.15, 0.2) is 12.5 Å². The highest BCUT2D eigenvalue weighted by Gasteiger charge is 2.14. The number of methoxy groups -OCH3 is 1. The summed E-state index contributed by atoms with van der Waals surface area (Å²) in [7, 11) is 1.44. The second-order valence-corrected chi connectivity index (χ2v) is 2.81. The van der Waals surface area contributed by atoms with Gasteiger partial charge in [0.05, 0.1) is 4.92 Å². The minimum atomic E-state index is -0.509. The largest absolute Gasteiger partial charge is 0.460 e. The summed E-state index contributed by atoms with van der Waals surface area (Å²) in [5.74, 6) is 0.171. The molecule has 0 aliphatic rings. The molecule has 1 aromatic rings. The van der Waals surface area contributed by atoms with Crippen LogP contribution in [0.2, 0.25) is 0 Å². The van der Waals surface area contributed by atoms with Crippen LogP contribution in [0.4, 0.5) is 5.69 Å². The van der Waals surface area contributed by atoms with Gasteiger partial charge in [-0.05, 0) is 11.6 Å². The molecule has 15 heavy (non-hydrogen) atoms. The standard InChI is InChI=1S/C9H12N2O4/c1-14-6-15-9-4-7(5-10)2-3-8(9)11(12)13/h2-4H,5-6,10H2,1H3. The maximum absolute atomic E-state index is 10.6. The van der Waals surface area contributed by atoms with Crippen LogP contribution in [0.5, 0.6) is 5.75 Å². The number of nitrogens with two attached hydrogens (primary N) is 1. The van der Waals surface area contributed by atoms with E-state index in [0.29, 0.717) is 6.54 Å². The highest BCUT2D eigenvalue weighted by Crippen LogP contribution is 2.27. The van der Waals surface area contributed by atoms with Crippen LogP contribution >= 0.6 is 0 Å². The lowest BCUT2D eigenvalue weighted by Gasteiger charge is -2.06. The molecular weight excluding hydrogens is 200 g/mol. The van der Waals surface area contributed by atoms with E-state index in [2.05, 4.69) is 4.74 Å². The molecule has 0 spiro atoms. The van der Waals surface area contributed by atoms with Crippen molar-refractivity contribution in [1.82, 2.24) is 0 Å². The Morgan fingerprint density at radius 2 is 2.27 bits per heavy atom. The lowest BCUT2D eigenvalue weighted by atomic mass is 10.2. The number of hydrogen-bond acceptors (Lipinski definition) is 5. The summed E-state index contributed by atoms with van der Waals surface area (Å²) in [5, 5.41) is 10.6. The van der Waals surface area contributed by atoms with E-state index in [1.165, 1.54) is 19.2 Å². The number of hydrogen-bond donors (Lipinski definition) is 1. The Bertz CT molecular complexity index is 354. The molecular formula is C9H12N2O4. The van der Waals surface area contributed by atoms with Gasteiger partial charge in [-0.3, -0.25) is 10.1 Å². The molecule has 1 aromatic carbocycles. The molecule has 0 amide bonds. The number of benzene rings is 1. The highest BCUT2D eigenvalue weighted by molar-refractivity contribution is 5.48. The van der Waals surface area contributed by atoms with Gasteiger partial charge >= 0.3 is 5.69 Å². The van der Waals surface area contributed by atoms with E-state index in [4.69, 9.17) is 10.5 Å². The third-order valence-electron chi connectivity index (χ3n) is 1.79. The summed E-state index contributed by atoms with van der Waals surface area (Å²) in [6, 6.07) is 4.50. The Hall–Kier alpha value is -1.66. The lowest BCUT2D eigenvalue weighted by molar-refractivity contribution is -0.386. The fraction of sp³-hybridized carbons (Fsp3) is 0.333. The second-order valence-electron chi connectivity index (χ2n) is 2.81. The summed E-state index contributed by atoms with van der Waals surface area (Å²) in [5.41, 5.74) is 6.09. The molecule has 0 aliphatic heterocycles. The van der Waals surface area contributed by atoms with Crippen molar-refractivity contribution < 1.29 is 14.4 Å². The van der Waals surface area contributed by atoms with Gasteiger partial charge in [-0.1, -0.05) is 6.07 Å². The van der Waals surface area contributed by atoms with E-state index >= 15 is 0 Å². The fourth-order valence-corrected chi connectivity index (χ4v) is 1.07. The van der Waals surface area contributed by atoms with Crippen molar-refractivity contribution in [2.45, 2.75) is 6.54 Å². The quantitative estimate of drug-likeness (QED) is 0.447. The number of nitro groups is 1. The Morgan fingerprint density at radius 3 is 2.80 bits per heavy atom. The molecule has 0 saturated carbocycles. The van der Waals surface area contributed by atoms with Crippen molar-refractivity contribution in [2.75, 3.05) is 13.9 Å². The molecule has 0 fully saturated rings. The predicted molar refractivity (Wildman–Crippen MR) is 53.5 cm³/mol. The maximum Gasteiger partial charge on any atom is 0.311 e. The Kier molecular flexibility index (Phi) is 4.02. The van der Waals surface area contributed by atoms with E-state index in [0.717, 1.165) is 5.56 Å². The molecule has 1 rings (SSSR count). The number of ether oxygens (including phenoxy) is 2. The van der Waals surface area contributed by atoms with Gasteiger partial charge < -0.3 is 15.2 Å². The van der Waals surface area contributed by atoms with Crippen molar-refractivity contribution in [2.24, 2.45) is 5.73 Å². The SMILES string of the molecule is COCOc1cc(CN)ccc1[N+](=O)[O-]. The number of nitro benzene ring substituents is 1. The lowest BCUT2D eigenvalue weighted by Crippen LogP contribution is -2.04. The van der Waals surface area contributed by atoms with Crippen LogP contribution in [0.25, 0.3) is 0 Å². The first-order valence-corrected chi connectivity index (χ1v) is 4.28. The first kappa shape index (κ1) is 11.4. The Balaban J connectivity index is 2.99. The Labute approximate surface area is 86.7 Å². The van der Waals surface area contributed by atoms with Crippen molar-refractivity contribution in [3.63, 3.8) is 0 Å². The summed E-state index contributed by atoms with van der Waals surface area (Å²) in [4.78, 5) is 10.1. The predicted octanol–water partition coefficient (Wildman–Crippen LogP) is 1.04. The van der Waals surface area contributed by atoms with E-state index in [-0.39, 0.29) is 18.2 Å². The van der Waals surface area contributed by atoms with Gasteiger partial charge in [0.25, 0.3) is 0 Å². The van der Waals surface area contributed by atoms with Gasteiger partial charge in [0.1, 0.15) is 0 Å². The third kappa shape index (κ3) is 2.90. The van der Waals surface area contributed by atoms with E-state index in [1.54, 1.807) is 6.07 Å². The smallest absolute Gasteiger partial charge is 0.311 e. The monoisotopic (exact) mass is 212 g/mol. The van der Waals surface area contributed by atoms with Crippen LogP contribution in [0.3, 0.4) is 0 Å². The van der Waals surface area contributed by atoms with Gasteiger partial charge in [0.2, 0.25) is 0 Å². The zero-order valence-electron chi connectivity index (χ0n) is 8.30. The van der Waals surface area contributed by atoms with Crippen molar-refractivity contribution in [1.29, 1.82) is 0 Å². The molecule has 0 aromatic heterocycles. The molecule has 0 bridgehead atoms. The minimum Gasteiger partial charge on any atom is -0.460 e. The Morgan fingerprint density at radius 1 is 1.53 bits per heavy atom. The summed E-state index contributed by atoms with van der Waals surface area (Å²) in [6.07, 6.45) is 0. The second kappa shape index (κ2) is 5.28. The van der Waals surface area contributed by atoms with E-state index < -0.39 is 4.92 Å². The van der Waals surface area contributed by atoms with Crippen LogP contribution in [0, 0.1) is 10.1 Å². The van der Waals surface area contributed by atoms with Crippen molar-refractivity contribution in [3.8, 4) is 5.75 Å². The fourth-order valence-electron chi connectivity index (χ4n) is 1.07. The van der Waals surface area contributed by atoms with Crippen molar-refractivity contribution in [3.05, 3.63) is 33.9 Å². The van der Waals surface area contributed by atoms with Crippen LogP contribution in [0.1, 0.15) is 5.56 Å². The summed E-state index contributed by atoms with van der Waals surface area (Å²) >= 11 is 0. The van der Waals surface area contributed by atoms with Crippen LogP contribution in [0.15, 0.2) is 18.2 Å². The third-order valence-corrected chi connectivity index (χ3v) is 1.79. The molecule has 0 radical (unpaired) electrons. The minimum absolute atomic E-state index is 0.0329. The normalized spacial score (nSPS) is 10.0. The highest BCUT2D eigenvalue weighted by atomic mass is 16.7.